The molecule has 0 atom stereocenters. The molecule has 2 amide bonds. The van der Waals surface area contributed by atoms with Crippen molar-refractivity contribution in [1.29, 1.82) is 0 Å². The van der Waals surface area contributed by atoms with E-state index in [0.717, 1.165) is 46.5 Å². The number of aromatic amines is 1. The first-order valence-corrected chi connectivity index (χ1v) is 8.32. The molecule has 3 heterocycles. The van der Waals surface area contributed by atoms with Gasteiger partial charge in [0.05, 0.1) is 11.7 Å². The minimum absolute atomic E-state index is 0.350. The molecule has 7 nitrogen and oxygen atoms in total. The number of carbonyl (C=O) groups excluding carboxylic acids is 1. The summed E-state index contributed by atoms with van der Waals surface area (Å²) in [6.07, 6.45) is 3.68. The Labute approximate surface area is 145 Å². The maximum absolute atomic E-state index is 11.3. The molecule has 0 bridgehead atoms. The van der Waals surface area contributed by atoms with E-state index in [9.17, 15) is 4.79 Å². The van der Waals surface area contributed by atoms with Crippen LogP contribution in [-0.4, -0.2) is 52.3 Å². The van der Waals surface area contributed by atoms with Crippen LogP contribution < -0.4 is 10.6 Å². The summed E-state index contributed by atoms with van der Waals surface area (Å²) in [5.74, 6) is 0. The molecular weight excluding hydrogens is 316 g/mol. The maximum atomic E-state index is 11.3. The zero-order valence-electron chi connectivity index (χ0n) is 14.1. The molecule has 0 radical (unpaired) electrons. The van der Waals surface area contributed by atoms with Crippen molar-refractivity contribution in [3.8, 4) is 11.1 Å². The Morgan fingerprint density at radius 2 is 2.00 bits per heavy atom. The average Bonchev–Trinajstić information content (AvgIpc) is 3.07. The van der Waals surface area contributed by atoms with Crippen LogP contribution in [0.25, 0.3) is 22.0 Å². The van der Waals surface area contributed by atoms with E-state index in [4.69, 9.17) is 5.73 Å². The predicted octanol–water partition coefficient (Wildman–Crippen LogP) is 2.13. The van der Waals surface area contributed by atoms with Crippen LogP contribution >= 0.6 is 0 Å². The number of hydrogen-bond donors (Lipinski definition) is 2. The lowest BCUT2D eigenvalue weighted by molar-refractivity contribution is 0.204. The van der Waals surface area contributed by atoms with Crippen LogP contribution in [-0.2, 0) is 0 Å². The Hall–Kier alpha value is -3.09. The molecule has 1 aliphatic heterocycles. The number of fused-ring (bicyclic) bond motifs is 1. The Bertz CT molecular complexity index is 926. The van der Waals surface area contributed by atoms with E-state index in [1.165, 1.54) is 0 Å². The number of hydrogen-bond acceptors (Lipinski definition) is 4. The summed E-state index contributed by atoms with van der Waals surface area (Å²) < 4.78 is 0. The zero-order chi connectivity index (χ0) is 17.4. The van der Waals surface area contributed by atoms with Gasteiger partial charge >= 0.3 is 6.03 Å². The number of pyridine rings is 1. The van der Waals surface area contributed by atoms with Gasteiger partial charge in [0.1, 0.15) is 0 Å². The minimum Gasteiger partial charge on any atom is -0.367 e. The normalized spacial score (nSPS) is 14.9. The van der Waals surface area contributed by atoms with Crippen molar-refractivity contribution in [2.45, 2.75) is 6.92 Å². The number of aromatic nitrogens is 3. The second-order valence-corrected chi connectivity index (χ2v) is 6.28. The number of benzene rings is 1. The molecule has 3 aromatic rings. The summed E-state index contributed by atoms with van der Waals surface area (Å²) in [7, 11) is 0. The van der Waals surface area contributed by atoms with E-state index >= 15 is 0 Å². The number of nitrogens with two attached hydrogens (primary N) is 1. The fraction of sp³-hybridized carbons (Fsp3) is 0.278. The van der Waals surface area contributed by atoms with Gasteiger partial charge in [-0.1, -0.05) is 6.07 Å². The second kappa shape index (κ2) is 6.08. The van der Waals surface area contributed by atoms with Crippen LogP contribution in [0.3, 0.4) is 0 Å². The highest BCUT2D eigenvalue weighted by molar-refractivity contribution is 5.95. The van der Waals surface area contributed by atoms with E-state index in [-0.39, 0.29) is 6.03 Å². The number of aryl methyl sites for hydroxylation is 1. The average molecular weight is 336 g/mol. The Kier molecular flexibility index (Phi) is 3.76. The number of primary amides is 1. The topological polar surface area (TPSA) is 91.1 Å². The molecule has 1 aliphatic rings. The Morgan fingerprint density at radius 1 is 1.20 bits per heavy atom. The van der Waals surface area contributed by atoms with Crippen LogP contribution in [0.15, 0.2) is 36.7 Å². The van der Waals surface area contributed by atoms with Crippen molar-refractivity contribution >= 4 is 22.6 Å². The molecule has 128 valence electrons. The van der Waals surface area contributed by atoms with E-state index in [2.05, 4.69) is 32.2 Å². The van der Waals surface area contributed by atoms with Crippen LogP contribution in [0, 0.1) is 6.92 Å². The summed E-state index contributed by atoms with van der Waals surface area (Å²) in [6.45, 7) is 4.81. The first kappa shape index (κ1) is 15.4. The van der Waals surface area contributed by atoms with E-state index in [1.807, 2.05) is 31.5 Å². The quantitative estimate of drug-likeness (QED) is 0.750. The van der Waals surface area contributed by atoms with Gasteiger partial charge in [-0.25, -0.2) is 4.79 Å². The van der Waals surface area contributed by atoms with Crippen molar-refractivity contribution < 1.29 is 4.79 Å². The molecule has 3 N–H and O–H groups in total. The van der Waals surface area contributed by atoms with E-state index in [0.29, 0.717) is 13.1 Å². The predicted molar refractivity (Wildman–Crippen MR) is 97.4 cm³/mol. The first-order chi connectivity index (χ1) is 12.1. The fourth-order valence-corrected chi connectivity index (χ4v) is 3.38. The third-order valence-corrected chi connectivity index (χ3v) is 4.79. The van der Waals surface area contributed by atoms with Crippen molar-refractivity contribution in [2.75, 3.05) is 31.1 Å². The van der Waals surface area contributed by atoms with Crippen molar-refractivity contribution in [3.05, 3.63) is 42.4 Å². The second-order valence-electron chi connectivity index (χ2n) is 6.28. The molecule has 0 saturated carbocycles. The summed E-state index contributed by atoms with van der Waals surface area (Å²) in [5, 5.41) is 8.20. The summed E-state index contributed by atoms with van der Waals surface area (Å²) in [5.41, 5.74) is 10.7. The molecule has 25 heavy (non-hydrogen) atoms. The molecule has 4 rings (SSSR count). The highest BCUT2D eigenvalue weighted by Gasteiger charge is 2.21. The Balaban J connectivity index is 1.72. The molecule has 0 spiro atoms. The van der Waals surface area contributed by atoms with Crippen LogP contribution in [0.1, 0.15) is 5.69 Å². The maximum Gasteiger partial charge on any atom is 0.314 e. The highest BCUT2D eigenvalue weighted by Crippen LogP contribution is 2.31. The van der Waals surface area contributed by atoms with Gasteiger partial charge in [-0.3, -0.25) is 10.1 Å². The number of urea groups is 1. The van der Waals surface area contributed by atoms with E-state index < -0.39 is 0 Å². The summed E-state index contributed by atoms with van der Waals surface area (Å²) >= 11 is 0. The van der Waals surface area contributed by atoms with Gasteiger partial charge in [-0.05, 0) is 30.7 Å². The third kappa shape index (κ3) is 2.77. The van der Waals surface area contributed by atoms with Crippen molar-refractivity contribution in [1.82, 2.24) is 20.1 Å². The molecule has 2 aromatic heterocycles. The Morgan fingerprint density at radius 3 is 2.68 bits per heavy atom. The number of H-pyrrole nitrogens is 1. The number of anilines is 1. The molecule has 0 unspecified atom stereocenters. The van der Waals surface area contributed by atoms with Gasteiger partial charge < -0.3 is 15.5 Å². The number of piperazine rings is 1. The number of carbonyl (C=O) groups is 1. The molecule has 1 aromatic carbocycles. The number of nitrogens with one attached hydrogen (secondary N) is 1. The van der Waals surface area contributed by atoms with Gasteiger partial charge in [0.2, 0.25) is 0 Å². The first-order valence-electron chi connectivity index (χ1n) is 8.32. The van der Waals surface area contributed by atoms with Crippen LogP contribution in [0.4, 0.5) is 10.5 Å². The van der Waals surface area contributed by atoms with E-state index in [1.54, 1.807) is 4.90 Å². The van der Waals surface area contributed by atoms with Crippen LogP contribution in [0.2, 0.25) is 0 Å². The SMILES string of the molecule is Cc1[nH]ncc1-c1ccc2nccc(N3CCN(C(N)=O)CC3)c2c1. The zero-order valence-corrected chi connectivity index (χ0v) is 14.1. The summed E-state index contributed by atoms with van der Waals surface area (Å²) in [4.78, 5) is 19.8. The molecule has 7 heteroatoms. The lowest BCUT2D eigenvalue weighted by atomic mass is 10.0. The lowest BCUT2D eigenvalue weighted by Crippen LogP contribution is -2.50. The molecule has 0 aliphatic carbocycles. The highest BCUT2D eigenvalue weighted by atomic mass is 16.2. The summed E-state index contributed by atoms with van der Waals surface area (Å²) in [6, 6.07) is 7.96. The molecule has 1 fully saturated rings. The molecule has 1 saturated heterocycles. The van der Waals surface area contributed by atoms with Crippen molar-refractivity contribution in [2.24, 2.45) is 5.73 Å². The monoisotopic (exact) mass is 336 g/mol. The van der Waals surface area contributed by atoms with Gasteiger partial charge in [-0.2, -0.15) is 5.10 Å². The lowest BCUT2D eigenvalue weighted by Gasteiger charge is -2.35. The number of rotatable bonds is 2. The van der Waals surface area contributed by atoms with Crippen molar-refractivity contribution in [3.63, 3.8) is 0 Å². The third-order valence-electron chi connectivity index (χ3n) is 4.79. The van der Waals surface area contributed by atoms with Gasteiger partial charge in [-0.15, -0.1) is 0 Å². The number of amides is 2. The van der Waals surface area contributed by atoms with Gasteiger partial charge in [0.15, 0.2) is 0 Å². The van der Waals surface area contributed by atoms with Gasteiger partial charge in [0, 0.05) is 54.7 Å². The fourth-order valence-electron chi connectivity index (χ4n) is 3.38. The number of nitrogens with zero attached hydrogens (tertiary/aromatic N) is 4. The van der Waals surface area contributed by atoms with Gasteiger partial charge in [0.25, 0.3) is 0 Å². The minimum atomic E-state index is -0.350. The standard InChI is InChI=1S/C18H20N6O/c1-12-15(11-21-22-12)13-2-3-16-14(10-13)17(4-5-20-16)23-6-8-24(9-7-23)18(19)25/h2-5,10-11H,6-9H2,1H3,(H2,19,25)(H,21,22). The largest absolute Gasteiger partial charge is 0.367 e. The van der Waals surface area contributed by atoms with Crippen LogP contribution in [0.5, 0.6) is 0 Å². The smallest absolute Gasteiger partial charge is 0.314 e. The molecular formula is C18H20N6O.